The highest BCUT2D eigenvalue weighted by molar-refractivity contribution is 6.34. The van der Waals surface area contributed by atoms with Gasteiger partial charge in [0.1, 0.15) is 16.1 Å². The molecule has 4 aromatic heterocycles. The molecule has 4 heterocycles. The third kappa shape index (κ3) is 2.17. The molecular formula is C18H9Cl2N5. The van der Waals surface area contributed by atoms with Gasteiger partial charge in [-0.3, -0.25) is 9.97 Å². The molecule has 120 valence electrons. The largest absolute Gasteiger partial charge is 0.337 e. The molecule has 7 heteroatoms. The first-order valence-corrected chi connectivity index (χ1v) is 8.31. The van der Waals surface area contributed by atoms with Crippen LogP contribution in [0.4, 0.5) is 0 Å². The van der Waals surface area contributed by atoms with Crippen molar-refractivity contribution in [2.24, 2.45) is 0 Å². The molecule has 0 aliphatic carbocycles. The van der Waals surface area contributed by atoms with Crippen molar-refractivity contribution in [3.8, 4) is 11.4 Å². The number of hydrogen-bond donors (Lipinski definition) is 1. The molecule has 0 aliphatic heterocycles. The van der Waals surface area contributed by atoms with E-state index in [9.17, 15) is 0 Å². The highest BCUT2D eigenvalue weighted by Crippen LogP contribution is 2.34. The van der Waals surface area contributed by atoms with E-state index in [-0.39, 0.29) is 0 Å². The Bertz CT molecular complexity index is 1210. The van der Waals surface area contributed by atoms with E-state index < -0.39 is 0 Å². The number of benzene rings is 1. The van der Waals surface area contributed by atoms with Crippen molar-refractivity contribution in [3.05, 3.63) is 59.1 Å². The number of halogens is 2. The lowest BCUT2D eigenvalue weighted by molar-refractivity contribution is 1.27. The van der Waals surface area contributed by atoms with Gasteiger partial charge in [-0.05, 0) is 36.4 Å². The van der Waals surface area contributed by atoms with E-state index >= 15 is 0 Å². The van der Waals surface area contributed by atoms with E-state index in [2.05, 4.69) is 19.9 Å². The van der Waals surface area contributed by atoms with Gasteiger partial charge in [0.05, 0.1) is 27.6 Å². The molecule has 1 aromatic carbocycles. The van der Waals surface area contributed by atoms with Gasteiger partial charge in [-0.25, -0.2) is 9.97 Å². The van der Waals surface area contributed by atoms with Crippen LogP contribution in [0.5, 0.6) is 0 Å². The van der Waals surface area contributed by atoms with Gasteiger partial charge >= 0.3 is 0 Å². The van der Waals surface area contributed by atoms with Crippen molar-refractivity contribution in [1.29, 1.82) is 0 Å². The molecule has 0 radical (unpaired) electrons. The smallest absolute Gasteiger partial charge is 0.141 e. The molecule has 5 nitrogen and oxygen atoms in total. The third-order valence-electron chi connectivity index (χ3n) is 4.14. The van der Waals surface area contributed by atoms with E-state index in [0.29, 0.717) is 21.7 Å². The summed E-state index contributed by atoms with van der Waals surface area (Å²) in [6.07, 6.45) is 3.52. The van der Waals surface area contributed by atoms with Crippen LogP contribution in [0, 0.1) is 0 Å². The molecule has 0 aliphatic rings. The fraction of sp³-hybridized carbons (Fsp3) is 0. The Labute approximate surface area is 151 Å². The monoisotopic (exact) mass is 365 g/mol. The average molecular weight is 366 g/mol. The Kier molecular flexibility index (Phi) is 3.13. The first kappa shape index (κ1) is 14.6. The Balaban J connectivity index is 1.94. The fourth-order valence-corrected chi connectivity index (χ4v) is 3.49. The Hall–Kier alpha value is -2.76. The summed E-state index contributed by atoms with van der Waals surface area (Å²) in [5.41, 5.74) is 4.07. The number of aromatic nitrogens is 5. The summed E-state index contributed by atoms with van der Waals surface area (Å²) in [6.45, 7) is 0. The summed E-state index contributed by atoms with van der Waals surface area (Å²) in [7, 11) is 0. The van der Waals surface area contributed by atoms with E-state index in [1.807, 2.05) is 24.3 Å². The lowest BCUT2D eigenvalue weighted by Gasteiger charge is -2.03. The zero-order chi connectivity index (χ0) is 17.0. The van der Waals surface area contributed by atoms with Crippen LogP contribution in [0.2, 0.25) is 10.3 Å². The standard InChI is InChI=1S/C18H9Cl2N5/c19-12-6-5-11(17(20)23-12)18-24-15-9-3-1-7-21-13(9)14-10(16(15)25-18)4-2-8-22-14/h1-8H,(H,24,25). The van der Waals surface area contributed by atoms with Crippen LogP contribution >= 0.6 is 23.2 Å². The maximum Gasteiger partial charge on any atom is 0.141 e. The molecule has 0 saturated heterocycles. The van der Waals surface area contributed by atoms with Gasteiger partial charge in [-0.2, -0.15) is 0 Å². The molecule has 5 rings (SSSR count). The normalized spacial score (nSPS) is 11.6. The molecule has 0 bridgehead atoms. The number of pyridine rings is 3. The molecular weight excluding hydrogens is 357 g/mol. The minimum absolute atomic E-state index is 0.302. The predicted molar refractivity (Wildman–Crippen MR) is 99.9 cm³/mol. The van der Waals surface area contributed by atoms with Crippen molar-refractivity contribution < 1.29 is 0 Å². The van der Waals surface area contributed by atoms with Gasteiger partial charge in [0, 0.05) is 23.2 Å². The van der Waals surface area contributed by atoms with E-state index in [1.54, 1.807) is 24.5 Å². The first-order valence-electron chi connectivity index (χ1n) is 7.56. The van der Waals surface area contributed by atoms with Crippen LogP contribution in [0.15, 0.2) is 48.8 Å². The zero-order valence-electron chi connectivity index (χ0n) is 12.7. The number of fused-ring (bicyclic) bond motifs is 6. The van der Waals surface area contributed by atoms with Gasteiger partial charge in [0.2, 0.25) is 0 Å². The number of nitrogens with zero attached hydrogens (tertiary/aromatic N) is 4. The lowest BCUT2D eigenvalue weighted by Crippen LogP contribution is -1.86. The van der Waals surface area contributed by atoms with Crippen LogP contribution in [0.3, 0.4) is 0 Å². The summed E-state index contributed by atoms with van der Waals surface area (Å²) in [6, 6.07) is 11.3. The summed E-state index contributed by atoms with van der Waals surface area (Å²) in [5.74, 6) is 0.630. The molecule has 1 N–H and O–H groups in total. The zero-order valence-corrected chi connectivity index (χ0v) is 14.2. The number of rotatable bonds is 1. The molecule has 5 aromatic rings. The predicted octanol–water partition coefficient (Wildman–Crippen LogP) is 5.03. The average Bonchev–Trinajstić information content (AvgIpc) is 3.07. The van der Waals surface area contributed by atoms with Gasteiger partial charge in [0.15, 0.2) is 0 Å². The Morgan fingerprint density at radius 3 is 2.24 bits per heavy atom. The molecule has 0 spiro atoms. The van der Waals surface area contributed by atoms with E-state index in [0.717, 1.165) is 32.8 Å². The summed E-state index contributed by atoms with van der Waals surface area (Å²) < 4.78 is 0. The second kappa shape index (κ2) is 5.37. The summed E-state index contributed by atoms with van der Waals surface area (Å²) >= 11 is 12.1. The highest BCUT2D eigenvalue weighted by atomic mass is 35.5. The maximum atomic E-state index is 6.25. The van der Waals surface area contributed by atoms with Crippen molar-refractivity contribution in [1.82, 2.24) is 24.9 Å². The molecule has 0 atom stereocenters. The second-order valence-electron chi connectivity index (χ2n) is 5.58. The quantitative estimate of drug-likeness (QED) is 0.334. The number of hydrogen-bond acceptors (Lipinski definition) is 4. The number of H-pyrrole nitrogens is 1. The minimum Gasteiger partial charge on any atom is -0.337 e. The van der Waals surface area contributed by atoms with Crippen molar-refractivity contribution in [2.75, 3.05) is 0 Å². The minimum atomic E-state index is 0.302. The first-order chi connectivity index (χ1) is 12.2. The summed E-state index contributed by atoms with van der Waals surface area (Å²) in [4.78, 5) is 21.2. The van der Waals surface area contributed by atoms with Crippen molar-refractivity contribution in [2.45, 2.75) is 0 Å². The van der Waals surface area contributed by atoms with Gasteiger partial charge in [-0.1, -0.05) is 23.2 Å². The maximum absolute atomic E-state index is 6.25. The molecule has 25 heavy (non-hydrogen) atoms. The van der Waals surface area contributed by atoms with Crippen LogP contribution in [-0.2, 0) is 0 Å². The third-order valence-corrected chi connectivity index (χ3v) is 4.64. The van der Waals surface area contributed by atoms with Gasteiger partial charge in [0.25, 0.3) is 0 Å². The fourth-order valence-electron chi connectivity index (χ4n) is 3.06. The lowest BCUT2D eigenvalue weighted by atomic mass is 10.1. The van der Waals surface area contributed by atoms with E-state index in [1.165, 1.54) is 0 Å². The van der Waals surface area contributed by atoms with Crippen LogP contribution in [0.1, 0.15) is 0 Å². The van der Waals surface area contributed by atoms with Crippen LogP contribution in [-0.4, -0.2) is 24.9 Å². The molecule has 0 amide bonds. The van der Waals surface area contributed by atoms with Crippen LogP contribution < -0.4 is 0 Å². The molecule has 0 fully saturated rings. The Morgan fingerprint density at radius 2 is 1.48 bits per heavy atom. The van der Waals surface area contributed by atoms with Crippen molar-refractivity contribution >= 4 is 56.0 Å². The van der Waals surface area contributed by atoms with Gasteiger partial charge in [-0.15, -0.1) is 0 Å². The Morgan fingerprint density at radius 1 is 0.760 bits per heavy atom. The van der Waals surface area contributed by atoms with Crippen molar-refractivity contribution in [3.63, 3.8) is 0 Å². The highest BCUT2D eigenvalue weighted by Gasteiger charge is 2.16. The molecule has 0 unspecified atom stereocenters. The summed E-state index contributed by atoms with van der Waals surface area (Å²) in [5, 5.41) is 2.54. The topological polar surface area (TPSA) is 67.3 Å². The van der Waals surface area contributed by atoms with Crippen LogP contribution in [0.25, 0.3) is 44.2 Å². The van der Waals surface area contributed by atoms with Gasteiger partial charge < -0.3 is 4.98 Å². The number of imidazole rings is 1. The number of aromatic amines is 1. The number of nitrogens with one attached hydrogen (secondary N) is 1. The second-order valence-corrected chi connectivity index (χ2v) is 6.33. The SMILES string of the molecule is Clc1ccc(-c2nc3c4cccnc4c4ncccc4c3[nH]2)c(Cl)n1. The van der Waals surface area contributed by atoms with E-state index in [4.69, 9.17) is 28.2 Å². The molecule has 0 saturated carbocycles.